The molecule has 0 bridgehead atoms. The highest BCUT2D eigenvalue weighted by Crippen LogP contribution is 2.39. The van der Waals surface area contributed by atoms with E-state index in [1.165, 1.54) is 12.0 Å². The molecule has 1 fully saturated rings. The number of nitrogens with zero attached hydrogens (tertiary/aromatic N) is 2. The summed E-state index contributed by atoms with van der Waals surface area (Å²) in [5.41, 5.74) is 2.48. The Morgan fingerprint density at radius 3 is 2.47 bits per heavy atom. The number of likely N-dealkylation sites (tertiary alicyclic amines) is 1. The number of rotatable bonds is 8. The molecule has 6 heteroatoms. The summed E-state index contributed by atoms with van der Waals surface area (Å²) in [6.45, 7) is 2.84. The molecule has 30 heavy (non-hydrogen) atoms. The Kier molecular flexibility index (Phi) is 7.82. The van der Waals surface area contributed by atoms with Crippen LogP contribution in [0, 0.1) is 5.92 Å². The summed E-state index contributed by atoms with van der Waals surface area (Å²) in [6.07, 6.45) is 3.11. The molecule has 1 unspecified atom stereocenters. The van der Waals surface area contributed by atoms with Crippen LogP contribution in [0.1, 0.15) is 17.5 Å². The van der Waals surface area contributed by atoms with Gasteiger partial charge in [0.1, 0.15) is 0 Å². The summed E-state index contributed by atoms with van der Waals surface area (Å²) in [4.78, 5) is 6.86. The Morgan fingerprint density at radius 2 is 1.80 bits per heavy atom. The summed E-state index contributed by atoms with van der Waals surface area (Å²) in [5, 5.41) is 3.51. The fourth-order valence-corrected chi connectivity index (χ4v) is 4.14. The molecule has 162 valence electrons. The van der Waals surface area contributed by atoms with E-state index in [9.17, 15) is 0 Å². The van der Waals surface area contributed by atoms with Crippen molar-refractivity contribution in [1.82, 2.24) is 10.2 Å². The van der Waals surface area contributed by atoms with Crippen LogP contribution in [0.2, 0.25) is 0 Å². The minimum atomic E-state index is 0.630. The van der Waals surface area contributed by atoms with Crippen molar-refractivity contribution in [2.45, 2.75) is 19.3 Å². The molecular formula is C24H33N3O3. The molecular weight excluding hydrogens is 378 g/mol. The lowest BCUT2D eigenvalue weighted by Crippen LogP contribution is -2.41. The van der Waals surface area contributed by atoms with Gasteiger partial charge in [0.25, 0.3) is 0 Å². The van der Waals surface area contributed by atoms with Gasteiger partial charge < -0.3 is 24.4 Å². The van der Waals surface area contributed by atoms with Crippen molar-refractivity contribution < 1.29 is 14.2 Å². The van der Waals surface area contributed by atoms with Crippen molar-refractivity contribution in [3.05, 3.63) is 53.6 Å². The molecule has 1 aliphatic heterocycles. The topological polar surface area (TPSA) is 55.3 Å². The van der Waals surface area contributed by atoms with E-state index in [0.29, 0.717) is 17.4 Å². The summed E-state index contributed by atoms with van der Waals surface area (Å²) in [7, 11) is 6.77. The van der Waals surface area contributed by atoms with Crippen molar-refractivity contribution in [3.63, 3.8) is 0 Å². The van der Waals surface area contributed by atoms with Gasteiger partial charge in [0.15, 0.2) is 17.5 Å². The highest BCUT2D eigenvalue weighted by Gasteiger charge is 2.25. The van der Waals surface area contributed by atoms with E-state index in [-0.39, 0.29) is 0 Å². The molecule has 1 aliphatic rings. The third-order valence-corrected chi connectivity index (χ3v) is 5.63. The normalized spacial score (nSPS) is 16.5. The van der Waals surface area contributed by atoms with Crippen molar-refractivity contribution >= 4 is 5.96 Å². The van der Waals surface area contributed by atoms with Crippen molar-refractivity contribution in [3.8, 4) is 17.2 Å². The number of nitrogens with one attached hydrogen (secondary N) is 1. The minimum absolute atomic E-state index is 0.630. The van der Waals surface area contributed by atoms with Crippen LogP contribution in [0.5, 0.6) is 17.2 Å². The monoisotopic (exact) mass is 411 g/mol. The zero-order valence-electron chi connectivity index (χ0n) is 18.5. The molecule has 1 atom stereocenters. The standard InChI is InChI=1S/C24H33N3O3/c1-25-24(27-15-13-19(17-27)16-18-8-6-5-7-9-18)26-14-12-20-10-11-21(28-2)23(30-4)22(20)29-3/h5-11,19H,12-17H2,1-4H3,(H,25,26). The van der Waals surface area contributed by atoms with E-state index < -0.39 is 0 Å². The van der Waals surface area contributed by atoms with Gasteiger partial charge in [-0.1, -0.05) is 36.4 Å². The van der Waals surface area contributed by atoms with Gasteiger partial charge >= 0.3 is 0 Å². The van der Waals surface area contributed by atoms with E-state index in [4.69, 9.17) is 14.2 Å². The van der Waals surface area contributed by atoms with Crippen LogP contribution in [-0.2, 0) is 12.8 Å². The predicted molar refractivity (Wildman–Crippen MR) is 121 cm³/mol. The Balaban J connectivity index is 1.55. The first kappa shape index (κ1) is 21.8. The first-order valence-electron chi connectivity index (χ1n) is 10.5. The minimum Gasteiger partial charge on any atom is -0.493 e. The van der Waals surface area contributed by atoms with E-state index in [1.54, 1.807) is 21.3 Å². The average molecular weight is 412 g/mol. The first-order valence-corrected chi connectivity index (χ1v) is 10.5. The lowest BCUT2D eigenvalue weighted by Gasteiger charge is -2.22. The molecule has 0 saturated carbocycles. The quantitative estimate of drug-likeness (QED) is 0.533. The van der Waals surface area contributed by atoms with Gasteiger partial charge in [-0.05, 0) is 36.8 Å². The van der Waals surface area contributed by atoms with Crippen LogP contribution >= 0.6 is 0 Å². The summed E-state index contributed by atoms with van der Waals surface area (Å²) in [6, 6.07) is 14.7. The molecule has 1 N–H and O–H groups in total. The fourth-order valence-electron chi connectivity index (χ4n) is 4.14. The second kappa shape index (κ2) is 10.8. The van der Waals surface area contributed by atoms with Crippen LogP contribution in [0.4, 0.5) is 0 Å². The van der Waals surface area contributed by atoms with Crippen molar-refractivity contribution in [2.24, 2.45) is 10.9 Å². The molecule has 2 aromatic carbocycles. The third-order valence-electron chi connectivity index (χ3n) is 5.63. The number of guanidine groups is 1. The molecule has 0 aromatic heterocycles. The zero-order valence-corrected chi connectivity index (χ0v) is 18.5. The predicted octanol–water partition coefficient (Wildman–Crippen LogP) is 3.39. The highest BCUT2D eigenvalue weighted by atomic mass is 16.5. The number of benzene rings is 2. The maximum absolute atomic E-state index is 5.59. The SMILES string of the molecule is CN=C(NCCc1ccc(OC)c(OC)c1OC)N1CCC(Cc2ccccc2)C1. The van der Waals surface area contributed by atoms with E-state index in [1.807, 2.05) is 19.2 Å². The number of methoxy groups -OCH3 is 3. The number of aliphatic imine (C=N–C) groups is 1. The largest absolute Gasteiger partial charge is 0.493 e. The van der Waals surface area contributed by atoms with Gasteiger partial charge in [0.05, 0.1) is 21.3 Å². The fraction of sp³-hybridized carbons (Fsp3) is 0.458. The second-order valence-corrected chi connectivity index (χ2v) is 7.51. The Hall–Kier alpha value is -2.89. The third kappa shape index (κ3) is 5.17. The molecule has 0 aliphatic carbocycles. The molecule has 0 amide bonds. The molecule has 0 spiro atoms. The van der Waals surface area contributed by atoms with Gasteiger partial charge in [0.2, 0.25) is 5.75 Å². The van der Waals surface area contributed by atoms with Crippen LogP contribution in [0.3, 0.4) is 0 Å². The smallest absolute Gasteiger partial charge is 0.203 e. The van der Waals surface area contributed by atoms with E-state index >= 15 is 0 Å². The second-order valence-electron chi connectivity index (χ2n) is 7.51. The maximum atomic E-state index is 5.59. The Bertz CT molecular complexity index is 839. The van der Waals surface area contributed by atoms with Crippen LogP contribution in [0.15, 0.2) is 47.5 Å². The summed E-state index contributed by atoms with van der Waals surface area (Å²) < 4.78 is 16.4. The van der Waals surface area contributed by atoms with Gasteiger partial charge in [0, 0.05) is 32.2 Å². The van der Waals surface area contributed by atoms with Crippen molar-refractivity contribution in [2.75, 3.05) is 48.0 Å². The number of hydrogen-bond donors (Lipinski definition) is 1. The van der Waals surface area contributed by atoms with Crippen LogP contribution in [-0.4, -0.2) is 58.9 Å². The molecule has 1 saturated heterocycles. The number of hydrogen-bond acceptors (Lipinski definition) is 4. The van der Waals surface area contributed by atoms with Gasteiger partial charge in [-0.2, -0.15) is 0 Å². The molecule has 3 rings (SSSR count). The molecule has 1 heterocycles. The van der Waals surface area contributed by atoms with Crippen LogP contribution < -0.4 is 19.5 Å². The molecule has 2 aromatic rings. The Morgan fingerprint density at radius 1 is 1.03 bits per heavy atom. The maximum Gasteiger partial charge on any atom is 0.203 e. The van der Waals surface area contributed by atoms with E-state index in [0.717, 1.165) is 49.7 Å². The lowest BCUT2D eigenvalue weighted by molar-refractivity contribution is 0.322. The highest BCUT2D eigenvalue weighted by molar-refractivity contribution is 5.80. The van der Waals surface area contributed by atoms with Gasteiger partial charge in [-0.3, -0.25) is 4.99 Å². The Labute approximate surface area is 179 Å². The van der Waals surface area contributed by atoms with Gasteiger partial charge in [-0.25, -0.2) is 0 Å². The summed E-state index contributed by atoms with van der Waals surface area (Å²) >= 11 is 0. The average Bonchev–Trinajstić information content (AvgIpc) is 3.24. The molecule has 0 radical (unpaired) electrons. The molecule has 6 nitrogen and oxygen atoms in total. The first-order chi connectivity index (χ1) is 14.7. The lowest BCUT2D eigenvalue weighted by atomic mass is 9.99. The van der Waals surface area contributed by atoms with E-state index in [2.05, 4.69) is 45.5 Å². The zero-order chi connectivity index (χ0) is 21.3. The van der Waals surface area contributed by atoms with Crippen LogP contribution in [0.25, 0.3) is 0 Å². The summed E-state index contributed by atoms with van der Waals surface area (Å²) in [5.74, 6) is 3.65. The number of ether oxygens (including phenoxy) is 3. The van der Waals surface area contributed by atoms with Gasteiger partial charge in [-0.15, -0.1) is 0 Å². The van der Waals surface area contributed by atoms with Crippen molar-refractivity contribution in [1.29, 1.82) is 0 Å².